The van der Waals surface area contributed by atoms with Gasteiger partial charge in [0.15, 0.2) is 0 Å². The highest BCUT2D eigenvalue weighted by molar-refractivity contribution is 6.32. The molecule has 0 saturated heterocycles. The average molecular weight is 211 g/mol. The highest BCUT2D eigenvalue weighted by Crippen LogP contribution is 2.29. The lowest BCUT2D eigenvalue weighted by atomic mass is 10.1. The number of rotatable bonds is 2. The number of hydrogen-bond donors (Lipinski definition) is 0. The number of hydrogen-bond acceptors (Lipinski definition) is 3. The van der Waals surface area contributed by atoms with Crippen LogP contribution in [0.5, 0.6) is 5.75 Å². The summed E-state index contributed by atoms with van der Waals surface area (Å²) >= 11 is 5.98. The maximum atomic E-state index is 5.98. The van der Waals surface area contributed by atoms with Crippen LogP contribution in [0.25, 0.3) is 0 Å². The Kier molecular flexibility index (Phi) is 2.59. The summed E-state index contributed by atoms with van der Waals surface area (Å²) in [5.74, 6) is 0.669. The number of methoxy groups -OCH3 is 1. The number of benzene rings is 1. The first-order chi connectivity index (χ1) is 6.81. The molecule has 1 heterocycles. The van der Waals surface area contributed by atoms with Crippen LogP contribution in [0.4, 0.5) is 0 Å². The van der Waals surface area contributed by atoms with Crippen molar-refractivity contribution in [1.82, 2.24) is 0 Å². The summed E-state index contributed by atoms with van der Waals surface area (Å²) < 4.78 is 9.97. The highest BCUT2D eigenvalue weighted by atomic mass is 35.5. The fourth-order valence-corrected chi connectivity index (χ4v) is 1.58. The van der Waals surface area contributed by atoms with Crippen molar-refractivity contribution in [3.05, 3.63) is 28.8 Å². The van der Waals surface area contributed by atoms with Crippen LogP contribution in [0, 0.1) is 0 Å². The molecule has 1 aromatic carbocycles. The van der Waals surface area contributed by atoms with Crippen molar-refractivity contribution in [3.8, 4) is 5.75 Å². The van der Waals surface area contributed by atoms with E-state index in [0.717, 1.165) is 5.56 Å². The van der Waals surface area contributed by atoms with Gasteiger partial charge in [-0.15, -0.1) is 0 Å². The number of halogens is 1. The molecule has 0 bridgehead atoms. The van der Waals surface area contributed by atoms with Crippen molar-refractivity contribution in [2.75, 3.05) is 13.7 Å². The van der Waals surface area contributed by atoms with E-state index in [0.29, 0.717) is 17.4 Å². The van der Waals surface area contributed by atoms with Crippen LogP contribution in [-0.2, 0) is 4.74 Å². The first-order valence-corrected chi connectivity index (χ1v) is 4.59. The van der Waals surface area contributed by atoms with E-state index in [4.69, 9.17) is 21.1 Å². The molecular weight excluding hydrogens is 202 g/mol. The van der Waals surface area contributed by atoms with Gasteiger partial charge in [-0.2, -0.15) is 0 Å². The molecule has 0 aromatic heterocycles. The van der Waals surface area contributed by atoms with Crippen LogP contribution in [0.15, 0.2) is 23.2 Å². The molecule has 1 aliphatic rings. The molecule has 1 atom stereocenters. The Morgan fingerprint density at radius 3 is 3.07 bits per heavy atom. The lowest BCUT2D eigenvalue weighted by molar-refractivity contribution is 0.330. The van der Waals surface area contributed by atoms with Crippen LogP contribution in [0.1, 0.15) is 11.6 Å². The summed E-state index contributed by atoms with van der Waals surface area (Å²) in [6.07, 6.45) is 2.47. The van der Waals surface area contributed by atoms with E-state index in [-0.39, 0.29) is 6.04 Å². The van der Waals surface area contributed by atoms with Gasteiger partial charge in [-0.3, -0.25) is 0 Å². The lowest BCUT2D eigenvalue weighted by Crippen LogP contribution is -1.97. The molecule has 0 fully saturated rings. The second-order valence-electron chi connectivity index (χ2n) is 2.94. The standard InChI is InChI=1S/C10H9ClNO2/c1-13-10-3-2-7(4-8(10)11)9-5-14-6-12-9/h2-4,9H,5H2,1H3. The number of nitrogens with zero attached hydrogens (tertiary/aromatic N) is 1. The Morgan fingerprint density at radius 2 is 2.50 bits per heavy atom. The second kappa shape index (κ2) is 3.88. The van der Waals surface area contributed by atoms with E-state index in [1.807, 2.05) is 18.2 Å². The summed E-state index contributed by atoms with van der Waals surface area (Å²) in [5.41, 5.74) is 1.01. The lowest BCUT2D eigenvalue weighted by Gasteiger charge is -2.08. The third-order valence-corrected chi connectivity index (χ3v) is 2.37. The van der Waals surface area contributed by atoms with Gasteiger partial charge < -0.3 is 9.47 Å². The van der Waals surface area contributed by atoms with E-state index in [9.17, 15) is 0 Å². The van der Waals surface area contributed by atoms with Crippen LogP contribution in [0.2, 0.25) is 5.02 Å². The quantitative estimate of drug-likeness (QED) is 0.750. The van der Waals surface area contributed by atoms with E-state index in [1.165, 1.54) is 0 Å². The van der Waals surface area contributed by atoms with Gasteiger partial charge in [0.1, 0.15) is 18.4 Å². The van der Waals surface area contributed by atoms with Crippen LogP contribution in [-0.4, -0.2) is 20.1 Å². The third kappa shape index (κ3) is 1.68. The largest absolute Gasteiger partial charge is 0.495 e. The smallest absolute Gasteiger partial charge is 0.273 e. The molecule has 1 aromatic rings. The molecule has 0 aliphatic carbocycles. The van der Waals surface area contributed by atoms with Crippen LogP contribution < -0.4 is 4.74 Å². The molecule has 1 radical (unpaired) electrons. The summed E-state index contributed by atoms with van der Waals surface area (Å²) in [4.78, 5) is 4.03. The predicted molar refractivity (Wildman–Crippen MR) is 54.1 cm³/mol. The summed E-state index contributed by atoms with van der Waals surface area (Å²) in [7, 11) is 1.59. The van der Waals surface area contributed by atoms with Gasteiger partial charge in [0, 0.05) is 0 Å². The zero-order valence-electron chi connectivity index (χ0n) is 7.66. The van der Waals surface area contributed by atoms with Crippen molar-refractivity contribution >= 4 is 18.0 Å². The fraction of sp³-hybridized carbons (Fsp3) is 0.300. The monoisotopic (exact) mass is 210 g/mol. The van der Waals surface area contributed by atoms with E-state index in [1.54, 1.807) is 7.11 Å². The fourth-order valence-electron chi connectivity index (χ4n) is 1.32. The van der Waals surface area contributed by atoms with Crippen molar-refractivity contribution in [3.63, 3.8) is 0 Å². The van der Waals surface area contributed by atoms with Crippen molar-refractivity contribution in [2.45, 2.75) is 6.04 Å². The molecule has 14 heavy (non-hydrogen) atoms. The van der Waals surface area contributed by atoms with Gasteiger partial charge in [-0.05, 0) is 17.7 Å². The Morgan fingerprint density at radius 1 is 1.64 bits per heavy atom. The number of ether oxygens (including phenoxy) is 2. The van der Waals surface area contributed by atoms with E-state index >= 15 is 0 Å². The maximum Gasteiger partial charge on any atom is 0.273 e. The number of aliphatic imine (C=N–C) groups is 1. The van der Waals surface area contributed by atoms with Crippen molar-refractivity contribution in [1.29, 1.82) is 0 Å². The first kappa shape index (κ1) is 9.34. The van der Waals surface area contributed by atoms with Gasteiger partial charge in [0.25, 0.3) is 6.40 Å². The normalized spacial score (nSPS) is 19.4. The zero-order chi connectivity index (χ0) is 9.97. The van der Waals surface area contributed by atoms with Gasteiger partial charge in [0.2, 0.25) is 0 Å². The molecule has 4 heteroatoms. The highest BCUT2D eigenvalue weighted by Gasteiger charge is 2.16. The minimum absolute atomic E-state index is 0.0124. The first-order valence-electron chi connectivity index (χ1n) is 4.21. The molecule has 0 spiro atoms. The predicted octanol–water partition coefficient (Wildman–Crippen LogP) is 2.33. The molecule has 0 N–H and O–H groups in total. The van der Waals surface area contributed by atoms with Crippen molar-refractivity contribution < 1.29 is 9.47 Å². The molecule has 1 aliphatic heterocycles. The molecule has 0 saturated carbocycles. The van der Waals surface area contributed by atoms with E-state index < -0.39 is 0 Å². The topological polar surface area (TPSA) is 30.8 Å². The zero-order valence-corrected chi connectivity index (χ0v) is 8.41. The molecule has 2 rings (SSSR count). The van der Waals surface area contributed by atoms with Crippen LogP contribution in [0.3, 0.4) is 0 Å². The van der Waals surface area contributed by atoms with Gasteiger partial charge in [-0.25, -0.2) is 4.99 Å². The van der Waals surface area contributed by atoms with Crippen LogP contribution >= 0.6 is 11.6 Å². The third-order valence-electron chi connectivity index (χ3n) is 2.07. The summed E-state index contributed by atoms with van der Waals surface area (Å²) in [6.45, 7) is 0.530. The van der Waals surface area contributed by atoms with Gasteiger partial charge in [0.05, 0.1) is 12.1 Å². The summed E-state index contributed by atoms with van der Waals surface area (Å²) in [6, 6.07) is 5.60. The minimum Gasteiger partial charge on any atom is -0.495 e. The van der Waals surface area contributed by atoms with Crippen molar-refractivity contribution in [2.24, 2.45) is 4.99 Å². The second-order valence-corrected chi connectivity index (χ2v) is 3.35. The maximum absolute atomic E-state index is 5.98. The van der Waals surface area contributed by atoms with Gasteiger partial charge >= 0.3 is 0 Å². The van der Waals surface area contributed by atoms with E-state index in [2.05, 4.69) is 11.4 Å². The minimum atomic E-state index is 0.0124. The Hall–Kier alpha value is -1.22. The average Bonchev–Trinajstić information content (AvgIpc) is 2.70. The molecule has 3 nitrogen and oxygen atoms in total. The van der Waals surface area contributed by atoms with Gasteiger partial charge in [-0.1, -0.05) is 17.7 Å². The molecular formula is C10H9ClNO2. The molecule has 1 unspecified atom stereocenters. The Labute approximate surface area is 87.3 Å². The Bertz CT molecular complexity index is 365. The summed E-state index contributed by atoms with van der Waals surface area (Å²) in [5, 5.41) is 0.590. The molecule has 73 valence electrons. The molecule has 0 amide bonds. The SMILES string of the molecule is COc1ccc(C2CO[C]=N2)cc1Cl. The Balaban J connectivity index is 2.27.